The summed E-state index contributed by atoms with van der Waals surface area (Å²) in [7, 11) is 3.16. The third-order valence-corrected chi connectivity index (χ3v) is 2.91. The van der Waals surface area contributed by atoms with E-state index in [1.165, 1.54) is 6.08 Å². The number of para-hydroxylation sites is 1. The van der Waals surface area contributed by atoms with Crippen LogP contribution in [0.2, 0.25) is 0 Å². The fourth-order valence-corrected chi connectivity index (χ4v) is 1.91. The zero-order valence-corrected chi connectivity index (χ0v) is 12.0. The van der Waals surface area contributed by atoms with Gasteiger partial charge in [0.15, 0.2) is 0 Å². The number of carbonyl (C=O) groups is 1. The van der Waals surface area contributed by atoms with Gasteiger partial charge in [-0.15, -0.1) is 0 Å². The second kappa shape index (κ2) is 7.14. The van der Waals surface area contributed by atoms with Gasteiger partial charge >= 0.3 is 0 Å². The van der Waals surface area contributed by atoms with Gasteiger partial charge in [0.05, 0.1) is 19.8 Å². The van der Waals surface area contributed by atoms with Crippen molar-refractivity contribution in [1.82, 2.24) is 0 Å². The molecule has 0 spiro atoms. The maximum atomic E-state index is 11.9. The highest BCUT2D eigenvalue weighted by atomic mass is 16.5. The molecule has 1 amide bonds. The van der Waals surface area contributed by atoms with E-state index >= 15 is 0 Å². The Bertz CT molecular complexity index is 613. The van der Waals surface area contributed by atoms with Gasteiger partial charge in [-0.2, -0.15) is 0 Å². The number of carbonyl (C=O) groups excluding carboxylic acids is 1. The molecule has 0 atom stereocenters. The van der Waals surface area contributed by atoms with Gasteiger partial charge in [0.2, 0.25) is 5.91 Å². The lowest BCUT2D eigenvalue weighted by Gasteiger charge is -2.09. The molecule has 0 aliphatic carbocycles. The Balaban J connectivity index is 2.15. The zero-order chi connectivity index (χ0) is 15.1. The van der Waals surface area contributed by atoms with Crippen LogP contribution in [-0.4, -0.2) is 20.1 Å². The Labute approximate surface area is 124 Å². The summed E-state index contributed by atoms with van der Waals surface area (Å²) in [4.78, 5) is 11.9. The van der Waals surface area contributed by atoms with Crippen LogP contribution in [0.4, 0.5) is 5.69 Å². The van der Waals surface area contributed by atoms with Gasteiger partial charge in [-0.3, -0.25) is 4.79 Å². The minimum Gasteiger partial charge on any atom is -0.496 e. The highest BCUT2D eigenvalue weighted by Crippen LogP contribution is 2.29. The third-order valence-electron chi connectivity index (χ3n) is 2.91. The average Bonchev–Trinajstić information content (AvgIpc) is 2.53. The molecule has 0 aromatic heterocycles. The van der Waals surface area contributed by atoms with Crippen molar-refractivity contribution in [3.8, 4) is 11.5 Å². The molecule has 4 heteroatoms. The Morgan fingerprint density at radius 3 is 2.14 bits per heavy atom. The molecule has 1 N–H and O–H groups in total. The molecule has 0 saturated heterocycles. The first kappa shape index (κ1) is 14.7. The molecule has 0 heterocycles. The summed E-state index contributed by atoms with van der Waals surface area (Å²) in [6, 6.07) is 14.7. The van der Waals surface area contributed by atoms with Gasteiger partial charge in [0, 0.05) is 11.8 Å². The Kier molecular flexibility index (Phi) is 4.99. The maximum absolute atomic E-state index is 11.9. The number of ether oxygens (including phenoxy) is 2. The lowest BCUT2D eigenvalue weighted by atomic mass is 10.1. The lowest BCUT2D eigenvalue weighted by Crippen LogP contribution is -2.07. The van der Waals surface area contributed by atoms with E-state index in [0.717, 1.165) is 11.3 Å². The van der Waals surface area contributed by atoms with Crippen LogP contribution in [0.3, 0.4) is 0 Å². The molecule has 4 nitrogen and oxygen atoms in total. The largest absolute Gasteiger partial charge is 0.496 e. The van der Waals surface area contributed by atoms with Crippen molar-refractivity contribution < 1.29 is 14.3 Å². The number of benzene rings is 2. The second-order valence-electron chi connectivity index (χ2n) is 4.26. The van der Waals surface area contributed by atoms with Crippen molar-refractivity contribution in [3.63, 3.8) is 0 Å². The van der Waals surface area contributed by atoms with Gasteiger partial charge < -0.3 is 14.8 Å². The van der Waals surface area contributed by atoms with E-state index in [1.807, 2.05) is 48.5 Å². The van der Waals surface area contributed by atoms with Crippen LogP contribution < -0.4 is 14.8 Å². The number of amides is 1. The zero-order valence-electron chi connectivity index (χ0n) is 12.0. The van der Waals surface area contributed by atoms with E-state index in [-0.39, 0.29) is 5.91 Å². The van der Waals surface area contributed by atoms with E-state index in [4.69, 9.17) is 9.47 Å². The highest BCUT2D eigenvalue weighted by molar-refractivity contribution is 6.02. The average molecular weight is 283 g/mol. The van der Waals surface area contributed by atoms with E-state index in [0.29, 0.717) is 11.5 Å². The molecule has 2 aromatic carbocycles. The molecular weight excluding hydrogens is 266 g/mol. The number of anilines is 1. The van der Waals surface area contributed by atoms with Crippen LogP contribution >= 0.6 is 0 Å². The van der Waals surface area contributed by atoms with Crippen molar-refractivity contribution in [2.24, 2.45) is 0 Å². The molecule has 0 saturated carbocycles. The first-order valence-corrected chi connectivity index (χ1v) is 6.49. The van der Waals surface area contributed by atoms with Crippen LogP contribution in [0.5, 0.6) is 11.5 Å². The number of rotatable bonds is 5. The number of hydrogen-bond acceptors (Lipinski definition) is 3. The van der Waals surface area contributed by atoms with Crippen LogP contribution in [0.25, 0.3) is 6.08 Å². The maximum Gasteiger partial charge on any atom is 0.248 e. The van der Waals surface area contributed by atoms with E-state index < -0.39 is 0 Å². The molecule has 2 aromatic rings. The normalized spacial score (nSPS) is 10.4. The summed E-state index contributed by atoms with van der Waals surface area (Å²) in [5.41, 5.74) is 1.48. The monoisotopic (exact) mass is 283 g/mol. The summed E-state index contributed by atoms with van der Waals surface area (Å²) >= 11 is 0. The molecule has 0 aliphatic rings. The Hall–Kier alpha value is -2.75. The van der Waals surface area contributed by atoms with Crippen molar-refractivity contribution in [2.75, 3.05) is 19.5 Å². The van der Waals surface area contributed by atoms with Crippen LogP contribution in [0.1, 0.15) is 5.56 Å². The fourth-order valence-electron chi connectivity index (χ4n) is 1.91. The van der Waals surface area contributed by atoms with Gasteiger partial charge in [0.1, 0.15) is 11.5 Å². The third kappa shape index (κ3) is 3.86. The quantitative estimate of drug-likeness (QED) is 0.856. The molecule has 108 valence electrons. The van der Waals surface area contributed by atoms with Gasteiger partial charge in [0.25, 0.3) is 0 Å². The molecule has 21 heavy (non-hydrogen) atoms. The summed E-state index contributed by atoms with van der Waals surface area (Å²) < 4.78 is 10.6. The number of hydrogen-bond donors (Lipinski definition) is 1. The van der Waals surface area contributed by atoms with Crippen LogP contribution in [0, 0.1) is 0 Å². The standard InChI is InChI=1S/C17H17NO3/c1-20-15-9-6-10-16(21-2)14(15)11-12-17(19)18-13-7-4-3-5-8-13/h3-12H,1-2H3,(H,18,19). The summed E-state index contributed by atoms with van der Waals surface area (Å²) in [6.07, 6.45) is 3.13. The highest BCUT2D eigenvalue weighted by Gasteiger charge is 2.07. The molecule has 0 bridgehead atoms. The van der Waals surface area contributed by atoms with Crippen molar-refractivity contribution in [3.05, 3.63) is 60.2 Å². The van der Waals surface area contributed by atoms with E-state index in [9.17, 15) is 4.79 Å². The first-order valence-electron chi connectivity index (χ1n) is 6.49. The smallest absolute Gasteiger partial charge is 0.248 e. The summed E-state index contributed by atoms with van der Waals surface area (Å²) in [5, 5.41) is 2.78. The molecular formula is C17H17NO3. The van der Waals surface area contributed by atoms with Gasteiger partial charge in [-0.1, -0.05) is 24.3 Å². The van der Waals surface area contributed by atoms with Crippen LogP contribution in [-0.2, 0) is 4.79 Å². The summed E-state index contributed by atoms with van der Waals surface area (Å²) in [5.74, 6) is 1.09. The lowest BCUT2D eigenvalue weighted by molar-refractivity contribution is -0.111. The minimum absolute atomic E-state index is 0.214. The van der Waals surface area contributed by atoms with Gasteiger partial charge in [-0.25, -0.2) is 0 Å². The fraction of sp³-hybridized carbons (Fsp3) is 0.118. The van der Waals surface area contributed by atoms with Crippen molar-refractivity contribution in [2.45, 2.75) is 0 Å². The first-order chi connectivity index (χ1) is 10.2. The Morgan fingerprint density at radius 1 is 0.952 bits per heavy atom. The molecule has 0 unspecified atom stereocenters. The predicted molar refractivity (Wildman–Crippen MR) is 83.7 cm³/mol. The molecule has 0 radical (unpaired) electrons. The van der Waals surface area contributed by atoms with E-state index in [2.05, 4.69) is 5.32 Å². The predicted octanol–water partition coefficient (Wildman–Crippen LogP) is 3.36. The molecule has 2 rings (SSSR count). The van der Waals surface area contributed by atoms with Crippen LogP contribution in [0.15, 0.2) is 54.6 Å². The SMILES string of the molecule is COc1cccc(OC)c1C=CC(=O)Nc1ccccc1. The Morgan fingerprint density at radius 2 is 1.57 bits per heavy atom. The van der Waals surface area contributed by atoms with Crippen molar-refractivity contribution >= 4 is 17.7 Å². The minimum atomic E-state index is -0.214. The van der Waals surface area contributed by atoms with Crippen molar-refractivity contribution in [1.29, 1.82) is 0 Å². The molecule has 0 aliphatic heterocycles. The van der Waals surface area contributed by atoms with Gasteiger partial charge in [-0.05, 0) is 30.3 Å². The number of nitrogens with one attached hydrogen (secondary N) is 1. The van der Waals surface area contributed by atoms with E-state index in [1.54, 1.807) is 20.3 Å². The second-order valence-corrected chi connectivity index (χ2v) is 4.26. The topological polar surface area (TPSA) is 47.6 Å². The summed E-state index contributed by atoms with van der Waals surface area (Å²) in [6.45, 7) is 0. The number of methoxy groups -OCH3 is 2. The molecule has 0 fully saturated rings.